The second kappa shape index (κ2) is 8.43. The van der Waals surface area contributed by atoms with E-state index in [1.165, 1.54) is 12.8 Å². The number of hydrogen-bond acceptors (Lipinski definition) is 4. The molecule has 2 saturated heterocycles. The highest BCUT2D eigenvalue weighted by atomic mass is 16.2. The van der Waals surface area contributed by atoms with Crippen LogP contribution in [0.25, 0.3) is 0 Å². The normalized spacial score (nSPS) is 19.6. The number of nitrogens with zero attached hydrogens (tertiary/aromatic N) is 4. The van der Waals surface area contributed by atoms with E-state index < -0.39 is 0 Å². The monoisotopic (exact) mass is 344 g/mol. The van der Waals surface area contributed by atoms with Gasteiger partial charge in [-0.2, -0.15) is 0 Å². The van der Waals surface area contributed by atoms with Crippen LogP contribution in [0.3, 0.4) is 0 Å². The number of pyridine rings is 1. The maximum Gasteiger partial charge on any atom is 0.255 e. The molecule has 2 amide bonds. The zero-order valence-electron chi connectivity index (χ0n) is 15.1. The van der Waals surface area contributed by atoms with Crippen LogP contribution in [0.4, 0.5) is 0 Å². The van der Waals surface area contributed by atoms with E-state index in [9.17, 15) is 9.59 Å². The van der Waals surface area contributed by atoms with Crippen molar-refractivity contribution < 1.29 is 9.59 Å². The number of rotatable bonds is 3. The zero-order valence-corrected chi connectivity index (χ0v) is 15.1. The molecule has 0 spiro atoms. The predicted molar refractivity (Wildman–Crippen MR) is 96.6 cm³/mol. The molecule has 2 fully saturated rings. The Morgan fingerprint density at radius 2 is 1.36 bits per heavy atom. The topological polar surface area (TPSA) is 56.8 Å². The van der Waals surface area contributed by atoms with Gasteiger partial charge >= 0.3 is 0 Å². The van der Waals surface area contributed by atoms with Crippen molar-refractivity contribution in [1.29, 1.82) is 0 Å². The standard InChI is InChI=1S/C19H28N4O2/c1-2-21-9-11-23(12-10-21)19(25)17-13-16(14-20-15-17)18(24)22-7-5-3-4-6-8-22/h13-15H,2-12H2,1H3. The minimum Gasteiger partial charge on any atom is -0.339 e. The third-order valence-corrected chi connectivity index (χ3v) is 5.23. The lowest BCUT2D eigenvalue weighted by Gasteiger charge is -2.34. The van der Waals surface area contributed by atoms with Crippen molar-refractivity contribution in [2.75, 3.05) is 45.8 Å². The summed E-state index contributed by atoms with van der Waals surface area (Å²) in [6.07, 6.45) is 7.64. The van der Waals surface area contributed by atoms with Gasteiger partial charge in [0.05, 0.1) is 11.1 Å². The summed E-state index contributed by atoms with van der Waals surface area (Å²) in [5.41, 5.74) is 1.05. The molecule has 0 aromatic carbocycles. The number of carbonyl (C=O) groups is 2. The van der Waals surface area contributed by atoms with Crippen LogP contribution in [-0.4, -0.2) is 77.3 Å². The maximum atomic E-state index is 12.7. The number of carbonyl (C=O) groups excluding carboxylic acids is 2. The first-order valence-corrected chi connectivity index (χ1v) is 9.45. The molecule has 1 aromatic rings. The fraction of sp³-hybridized carbons (Fsp3) is 0.632. The summed E-state index contributed by atoms with van der Waals surface area (Å²) >= 11 is 0. The fourth-order valence-electron chi connectivity index (χ4n) is 3.58. The summed E-state index contributed by atoms with van der Waals surface area (Å²) < 4.78 is 0. The molecule has 0 N–H and O–H groups in total. The Balaban J connectivity index is 1.68. The molecular formula is C19H28N4O2. The number of likely N-dealkylation sites (N-methyl/N-ethyl adjacent to an activating group) is 1. The largest absolute Gasteiger partial charge is 0.339 e. The van der Waals surface area contributed by atoms with E-state index in [1.54, 1.807) is 18.5 Å². The molecule has 136 valence electrons. The Hall–Kier alpha value is -1.95. The maximum absolute atomic E-state index is 12.7. The molecule has 0 aliphatic carbocycles. The van der Waals surface area contributed by atoms with Crippen LogP contribution in [0.1, 0.15) is 53.3 Å². The van der Waals surface area contributed by atoms with Gasteiger partial charge in [0.2, 0.25) is 0 Å². The van der Waals surface area contributed by atoms with Crippen LogP contribution in [0, 0.1) is 0 Å². The van der Waals surface area contributed by atoms with Crippen molar-refractivity contribution in [3.8, 4) is 0 Å². The van der Waals surface area contributed by atoms with Crippen LogP contribution < -0.4 is 0 Å². The van der Waals surface area contributed by atoms with Crippen molar-refractivity contribution in [3.05, 3.63) is 29.6 Å². The highest BCUT2D eigenvalue weighted by molar-refractivity contribution is 5.99. The lowest BCUT2D eigenvalue weighted by molar-refractivity contribution is 0.0643. The van der Waals surface area contributed by atoms with Gasteiger partial charge in [0.25, 0.3) is 11.8 Å². The minimum absolute atomic E-state index is 0.000137. The Bertz CT molecular complexity index is 603. The zero-order chi connectivity index (χ0) is 17.6. The molecule has 0 radical (unpaired) electrons. The predicted octanol–water partition coefficient (Wildman–Crippen LogP) is 1.88. The Morgan fingerprint density at radius 1 is 0.840 bits per heavy atom. The van der Waals surface area contributed by atoms with Crippen molar-refractivity contribution in [2.45, 2.75) is 32.6 Å². The van der Waals surface area contributed by atoms with Crippen LogP contribution in [0.15, 0.2) is 18.5 Å². The van der Waals surface area contributed by atoms with Gasteiger partial charge in [-0.1, -0.05) is 19.8 Å². The second-order valence-electron chi connectivity index (χ2n) is 6.90. The first-order chi connectivity index (χ1) is 12.2. The summed E-state index contributed by atoms with van der Waals surface area (Å²) in [4.78, 5) is 35.7. The molecule has 3 heterocycles. The summed E-state index contributed by atoms with van der Waals surface area (Å²) in [6.45, 7) is 8.03. The second-order valence-corrected chi connectivity index (χ2v) is 6.90. The number of amides is 2. The number of hydrogen-bond donors (Lipinski definition) is 0. The molecule has 0 atom stereocenters. The van der Waals surface area contributed by atoms with Gasteiger partial charge in [-0.05, 0) is 25.5 Å². The summed E-state index contributed by atoms with van der Waals surface area (Å²) in [6, 6.07) is 1.72. The first kappa shape index (κ1) is 17.9. The van der Waals surface area contributed by atoms with Gasteiger partial charge in [0.15, 0.2) is 0 Å². The smallest absolute Gasteiger partial charge is 0.255 e. The van der Waals surface area contributed by atoms with E-state index in [2.05, 4.69) is 16.8 Å². The molecule has 25 heavy (non-hydrogen) atoms. The van der Waals surface area contributed by atoms with E-state index in [-0.39, 0.29) is 11.8 Å². The fourth-order valence-corrected chi connectivity index (χ4v) is 3.58. The van der Waals surface area contributed by atoms with Gasteiger partial charge < -0.3 is 14.7 Å². The summed E-state index contributed by atoms with van der Waals surface area (Å²) in [5, 5.41) is 0. The molecule has 1 aromatic heterocycles. The molecule has 3 rings (SSSR count). The number of piperazine rings is 1. The lowest BCUT2D eigenvalue weighted by atomic mass is 10.1. The van der Waals surface area contributed by atoms with Crippen molar-refractivity contribution in [2.24, 2.45) is 0 Å². The summed E-state index contributed by atoms with van der Waals surface area (Å²) in [5.74, 6) is -0.0198. The van der Waals surface area contributed by atoms with Gasteiger partial charge in [-0.15, -0.1) is 0 Å². The van der Waals surface area contributed by atoms with E-state index in [4.69, 9.17) is 0 Å². The highest BCUT2D eigenvalue weighted by Crippen LogP contribution is 2.15. The van der Waals surface area contributed by atoms with E-state index >= 15 is 0 Å². The highest BCUT2D eigenvalue weighted by Gasteiger charge is 2.23. The van der Waals surface area contributed by atoms with Gasteiger partial charge in [-0.25, -0.2) is 0 Å². The van der Waals surface area contributed by atoms with Gasteiger partial charge in [0, 0.05) is 51.7 Å². The van der Waals surface area contributed by atoms with Crippen molar-refractivity contribution >= 4 is 11.8 Å². The third kappa shape index (κ3) is 4.37. The number of aromatic nitrogens is 1. The molecule has 2 aliphatic heterocycles. The van der Waals surface area contributed by atoms with Crippen molar-refractivity contribution in [1.82, 2.24) is 19.7 Å². The van der Waals surface area contributed by atoms with E-state index in [0.29, 0.717) is 11.1 Å². The molecule has 0 bridgehead atoms. The number of likely N-dealkylation sites (tertiary alicyclic amines) is 1. The molecule has 2 aliphatic rings. The van der Waals surface area contributed by atoms with Crippen LogP contribution >= 0.6 is 0 Å². The SMILES string of the molecule is CCN1CCN(C(=O)c2cncc(C(=O)N3CCCCCC3)c2)CC1. The Kier molecular flexibility index (Phi) is 6.02. The lowest BCUT2D eigenvalue weighted by Crippen LogP contribution is -2.48. The first-order valence-electron chi connectivity index (χ1n) is 9.45. The summed E-state index contributed by atoms with van der Waals surface area (Å²) in [7, 11) is 0. The quantitative estimate of drug-likeness (QED) is 0.840. The van der Waals surface area contributed by atoms with Gasteiger partial charge in [0.1, 0.15) is 0 Å². The Morgan fingerprint density at radius 3 is 1.88 bits per heavy atom. The molecule has 6 heteroatoms. The minimum atomic E-state index is -0.0197. The Labute approximate surface area is 149 Å². The van der Waals surface area contributed by atoms with Gasteiger partial charge in [-0.3, -0.25) is 14.6 Å². The molecule has 0 saturated carbocycles. The van der Waals surface area contributed by atoms with Crippen LogP contribution in [0.5, 0.6) is 0 Å². The average molecular weight is 344 g/mol. The average Bonchev–Trinajstić information content (AvgIpc) is 2.96. The molecular weight excluding hydrogens is 316 g/mol. The molecule has 6 nitrogen and oxygen atoms in total. The van der Waals surface area contributed by atoms with E-state index in [0.717, 1.165) is 58.7 Å². The van der Waals surface area contributed by atoms with Crippen LogP contribution in [0.2, 0.25) is 0 Å². The van der Waals surface area contributed by atoms with Crippen molar-refractivity contribution in [3.63, 3.8) is 0 Å². The van der Waals surface area contributed by atoms with E-state index in [1.807, 2.05) is 9.80 Å². The van der Waals surface area contributed by atoms with Crippen LogP contribution in [-0.2, 0) is 0 Å². The third-order valence-electron chi connectivity index (χ3n) is 5.23. The molecule has 0 unspecified atom stereocenters.